The molecule has 12 heterocycles. The lowest BCUT2D eigenvalue weighted by Gasteiger charge is -2.40. The van der Waals surface area contributed by atoms with E-state index in [-0.39, 0.29) is 140 Å². The average Bonchev–Trinajstić information content (AvgIpc) is 1.50. The minimum Gasteiger partial charge on any atom is -0.506 e. The second-order valence-corrected chi connectivity index (χ2v) is 27.3. The van der Waals surface area contributed by atoms with Crippen molar-refractivity contribution >= 4 is 170 Å². The number of H-pyrrole nitrogens is 3. The highest BCUT2D eigenvalue weighted by Crippen LogP contribution is 2.62. The number of halogens is 6. The Morgan fingerprint density at radius 3 is 0.830 bits per heavy atom. The number of benzene rings is 6. The van der Waals surface area contributed by atoms with Crippen LogP contribution in [0.3, 0.4) is 0 Å². The van der Waals surface area contributed by atoms with Gasteiger partial charge < -0.3 is 76.2 Å². The molecule has 6 atom stereocenters. The zero-order chi connectivity index (χ0) is 70.8. The number of carbonyl (C=O) groups is 6. The van der Waals surface area contributed by atoms with Crippen molar-refractivity contribution in [2.75, 3.05) is 21.1 Å². The Labute approximate surface area is 588 Å². The number of fused-ring (bicyclic) bond motifs is 30. The molecule has 0 bridgehead atoms. The minimum absolute atomic E-state index is 0. The largest absolute Gasteiger partial charge is 0.506 e. The van der Waals surface area contributed by atoms with E-state index in [4.69, 9.17) is 69.6 Å². The number of imide groups is 3. The summed E-state index contributed by atoms with van der Waals surface area (Å²) in [6.07, 6.45) is 0. The van der Waals surface area contributed by atoms with E-state index >= 15 is 0 Å². The maximum absolute atomic E-state index is 13.4. The summed E-state index contributed by atoms with van der Waals surface area (Å²) in [5.74, 6) is -7.12. The number of hydrogen-bond donors (Lipinski definition) is 15. The predicted octanol–water partition coefficient (Wildman–Crippen LogP) is 7.05. The number of nitrogens with zero attached hydrogens (tertiary/aromatic N) is 6. The smallest absolute Gasteiger partial charge is 0.286 e. The van der Waals surface area contributed by atoms with Crippen molar-refractivity contribution in [1.82, 2.24) is 43.4 Å². The number of aromatic nitrogens is 6. The number of aromatic amines is 3. The van der Waals surface area contributed by atoms with Gasteiger partial charge in [0.1, 0.15) is 17.2 Å². The average molecular weight is 1480 g/mol. The van der Waals surface area contributed by atoms with Gasteiger partial charge in [0.2, 0.25) is 16.8 Å². The van der Waals surface area contributed by atoms with E-state index in [1.807, 2.05) is 0 Å². The maximum atomic E-state index is 13.4. The van der Waals surface area contributed by atoms with Crippen LogP contribution in [-0.2, 0) is 82.6 Å². The molecule has 6 aliphatic rings. The molecule has 512 valence electrons. The summed E-state index contributed by atoms with van der Waals surface area (Å²) in [6, 6.07) is 22.1. The van der Waals surface area contributed by atoms with Crippen LogP contribution in [0.4, 0.5) is 0 Å². The van der Waals surface area contributed by atoms with Crippen molar-refractivity contribution in [3.8, 4) is 51.4 Å². The van der Waals surface area contributed by atoms with Gasteiger partial charge in [-0.2, -0.15) is 0 Å². The molecular formula is C67H49Cl6N9O18. The molecule has 0 aliphatic carbocycles. The normalized spacial score (nSPS) is 23.8. The van der Waals surface area contributed by atoms with Gasteiger partial charge in [-0.15, -0.1) is 0 Å². The van der Waals surface area contributed by atoms with Gasteiger partial charge in [0.05, 0.1) is 85.6 Å². The molecule has 12 aromatic rings. The molecule has 27 nitrogen and oxygen atoms in total. The van der Waals surface area contributed by atoms with Crippen LogP contribution in [0.15, 0.2) is 91.0 Å². The van der Waals surface area contributed by atoms with Crippen LogP contribution < -0.4 is 0 Å². The molecule has 6 aliphatic heterocycles. The Morgan fingerprint density at radius 1 is 0.360 bits per heavy atom. The molecule has 0 radical (unpaired) electrons. The summed E-state index contributed by atoms with van der Waals surface area (Å²) in [7, 11) is 3.49. The highest BCUT2D eigenvalue weighted by atomic mass is 35.5. The van der Waals surface area contributed by atoms with Gasteiger partial charge in [-0.3, -0.25) is 57.2 Å². The van der Waals surface area contributed by atoms with Crippen LogP contribution in [0.25, 0.3) is 99.6 Å². The lowest BCUT2D eigenvalue weighted by molar-refractivity contribution is -0.193. The second kappa shape index (κ2) is 21.2. The summed E-state index contributed by atoms with van der Waals surface area (Å²) < 4.78 is 3.30. The number of phenols is 3. The van der Waals surface area contributed by atoms with E-state index < -0.39 is 89.2 Å². The van der Waals surface area contributed by atoms with E-state index in [1.54, 1.807) is 36.4 Å². The fourth-order valence-electron chi connectivity index (χ4n) is 15.7. The Hall–Kier alpha value is -9.24. The minimum atomic E-state index is -2.80. The second-order valence-electron chi connectivity index (χ2n) is 24.8. The van der Waals surface area contributed by atoms with Crippen LogP contribution >= 0.6 is 69.6 Å². The number of aliphatic hydroxyl groups is 9. The van der Waals surface area contributed by atoms with Crippen molar-refractivity contribution in [2.45, 2.75) is 61.2 Å². The zero-order valence-electron chi connectivity index (χ0n) is 50.5. The first-order valence-electron chi connectivity index (χ1n) is 29.5. The van der Waals surface area contributed by atoms with Crippen molar-refractivity contribution in [3.63, 3.8) is 0 Å². The Balaban J connectivity index is 0.000000121. The summed E-state index contributed by atoms with van der Waals surface area (Å²) in [4.78, 5) is 91.4. The quantitative estimate of drug-likeness (QED) is 0.0787. The van der Waals surface area contributed by atoms with Crippen molar-refractivity contribution in [3.05, 3.63) is 155 Å². The molecule has 3 saturated heterocycles. The van der Waals surface area contributed by atoms with Gasteiger partial charge in [-0.1, -0.05) is 77.0 Å². The highest BCUT2D eigenvalue weighted by molar-refractivity contribution is 6.35. The Morgan fingerprint density at radius 2 is 0.600 bits per heavy atom. The monoisotopic (exact) mass is 1480 g/mol. The molecule has 6 aromatic heterocycles. The topological polar surface area (TPSA) is 417 Å². The first kappa shape index (κ1) is 66.6. The number of rotatable bonds is 3. The number of likely N-dealkylation sites (tertiary alicyclic amines) is 3. The number of hydrogen-bond acceptors (Lipinski definition) is 18. The third-order valence-corrected chi connectivity index (χ3v) is 21.7. The SMILES string of the molecule is C.CN1C(=O)[C@@]2(O)c3c([nH]c4ccc(Cl)cc34)-c3c(CO)c4cc(O)c(Cl)cc4n3[C@@]2(O)C1=O.CN1C(=O)[C@@]2(O)n3c(c(CO)c4cc(O)c(Cl)cc43)-c3[nH]c4ccc(Cl)cc4c3[C@@]2(O)C1=O.CN1C(=O)[C@@]2(O)n3c(c(CO)c4cc(O)c(Cl)cc43)-c3[nH]c4ccc(Cl)cc4c3[C@@]2(O)C1=O. The zero-order valence-corrected chi connectivity index (χ0v) is 55.1. The van der Waals surface area contributed by atoms with Crippen LogP contribution in [-0.4, -0.2) is 161 Å². The maximum Gasteiger partial charge on any atom is 0.286 e. The molecule has 6 amide bonds. The molecule has 0 unspecified atom stereocenters. The van der Waals surface area contributed by atoms with Crippen LogP contribution in [0.5, 0.6) is 17.2 Å². The van der Waals surface area contributed by atoms with Crippen LogP contribution in [0, 0.1) is 0 Å². The molecule has 100 heavy (non-hydrogen) atoms. The lowest BCUT2D eigenvalue weighted by atomic mass is 9.79. The van der Waals surface area contributed by atoms with Crippen LogP contribution in [0.1, 0.15) is 40.8 Å². The van der Waals surface area contributed by atoms with Gasteiger partial charge in [0, 0.05) is 118 Å². The summed E-state index contributed by atoms with van der Waals surface area (Å²) in [5.41, 5.74) is -12.9. The molecule has 33 heteroatoms. The molecular weight excluding hydrogens is 1430 g/mol. The molecule has 0 saturated carbocycles. The number of aliphatic hydroxyl groups excluding tert-OH is 3. The Kier molecular flexibility index (Phi) is 14.1. The molecule has 3 fully saturated rings. The number of carbonyl (C=O) groups excluding carboxylic acids is 6. The van der Waals surface area contributed by atoms with E-state index in [0.717, 1.165) is 34.8 Å². The highest BCUT2D eigenvalue weighted by Gasteiger charge is 2.77. The molecule has 15 N–H and O–H groups in total. The lowest BCUT2D eigenvalue weighted by Crippen LogP contribution is -2.58. The first-order valence-corrected chi connectivity index (χ1v) is 31.8. The van der Waals surface area contributed by atoms with Gasteiger partial charge in [0.15, 0.2) is 0 Å². The van der Waals surface area contributed by atoms with Gasteiger partial charge >= 0.3 is 0 Å². The first-order chi connectivity index (χ1) is 46.7. The van der Waals surface area contributed by atoms with Crippen LogP contribution in [0.2, 0.25) is 30.1 Å². The summed E-state index contributed by atoms with van der Waals surface area (Å²) >= 11 is 36.9. The molecule has 0 spiro atoms. The van der Waals surface area contributed by atoms with Crippen molar-refractivity contribution < 1.29 is 90.0 Å². The number of nitrogens with one attached hydrogen (secondary N) is 3. The van der Waals surface area contributed by atoms with Crippen molar-refractivity contribution in [1.29, 1.82) is 0 Å². The van der Waals surface area contributed by atoms with Gasteiger partial charge in [-0.05, 0) is 91.0 Å². The van der Waals surface area contributed by atoms with E-state index in [2.05, 4.69) is 15.0 Å². The standard InChI is InChI=1S/3C22H15Cl2N3O6.CH4/c3*1-26-19(30)21(32)16-10-4-8(23)2-3-13(10)25-17(16)18-11(7-28)9-5-15(29)12(24)6-14(9)27(18)22(21,33)20(26)31;/h3*2-6,25,28-29,32-33H,7H2,1H3;1H4/t3*21-,22+;/m110./s1. The van der Waals surface area contributed by atoms with E-state index in [9.17, 15) is 90.0 Å². The predicted molar refractivity (Wildman–Crippen MR) is 363 cm³/mol. The van der Waals surface area contributed by atoms with E-state index in [1.165, 1.54) is 54.6 Å². The number of phenolic OH excluding ortho intramolecular Hbond substituents is 3. The number of aromatic hydroxyl groups is 3. The number of likely N-dealkylation sites (N-methyl/N-ethyl adjacent to an activating group) is 3. The van der Waals surface area contributed by atoms with Gasteiger partial charge in [-0.25, -0.2) is 0 Å². The number of amides is 6. The van der Waals surface area contributed by atoms with E-state index in [0.29, 0.717) is 62.5 Å². The van der Waals surface area contributed by atoms with Crippen molar-refractivity contribution in [2.24, 2.45) is 0 Å². The summed E-state index contributed by atoms with van der Waals surface area (Å²) in [6.45, 7) is -1.62. The fourth-order valence-corrected chi connectivity index (χ4v) is 16.7. The summed E-state index contributed by atoms with van der Waals surface area (Å²) in [5, 5.41) is 136. The fraction of sp³-hybridized carbons (Fsp3) is 0.194. The third-order valence-electron chi connectivity index (χ3n) is 20.1. The molecule has 18 rings (SSSR count). The Bertz CT molecular complexity index is 5330. The molecule has 6 aromatic carbocycles. The third kappa shape index (κ3) is 7.46. The van der Waals surface area contributed by atoms with Gasteiger partial charge in [0.25, 0.3) is 52.6 Å².